The summed E-state index contributed by atoms with van der Waals surface area (Å²) in [6.07, 6.45) is 2.80. The lowest BCUT2D eigenvalue weighted by atomic mass is 9.83. The molecule has 9 nitrogen and oxygen atoms in total. The number of amides is 1. The van der Waals surface area contributed by atoms with Gasteiger partial charge in [0.15, 0.2) is 11.5 Å². The highest BCUT2D eigenvalue weighted by molar-refractivity contribution is 5.76. The normalized spacial score (nSPS) is 20.2. The molecular weight excluding hydrogens is 384 g/mol. The number of hydrogen-bond donors (Lipinski definition) is 0. The third kappa shape index (κ3) is 3.34. The average molecular weight is 408 g/mol. The predicted octanol–water partition coefficient (Wildman–Crippen LogP) is 1.26. The quantitative estimate of drug-likeness (QED) is 0.631. The summed E-state index contributed by atoms with van der Waals surface area (Å²) in [4.78, 5) is 27.0. The van der Waals surface area contributed by atoms with Crippen LogP contribution in [0.15, 0.2) is 35.1 Å². The highest BCUT2D eigenvalue weighted by Gasteiger charge is 2.35. The maximum absolute atomic E-state index is 12.9. The van der Waals surface area contributed by atoms with Crippen molar-refractivity contribution in [1.29, 1.82) is 0 Å². The van der Waals surface area contributed by atoms with Crippen LogP contribution in [0.5, 0.6) is 5.88 Å². The molecule has 1 amide bonds. The largest absolute Gasteiger partial charge is 0.480 e. The van der Waals surface area contributed by atoms with Gasteiger partial charge in [0.1, 0.15) is 0 Å². The molecule has 1 fully saturated rings. The lowest BCUT2D eigenvalue weighted by molar-refractivity contribution is -0.134. The Morgan fingerprint density at radius 2 is 2.07 bits per heavy atom. The lowest BCUT2D eigenvalue weighted by Gasteiger charge is -2.42. The zero-order valence-corrected chi connectivity index (χ0v) is 16.9. The molecule has 5 heterocycles. The molecule has 0 unspecified atom stereocenters. The van der Waals surface area contributed by atoms with Crippen molar-refractivity contribution in [3.63, 3.8) is 0 Å². The number of piperidine rings is 1. The first-order chi connectivity index (χ1) is 14.6. The Balaban J connectivity index is 1.22. The Kier molecular flexibility index (Phi) is 4.72. The molecular formula is C21H24N6O3. The number of likely N-dealkylation sites (tertiary alicyclic amines) is 1. The zero-order chi connectivity index (χ0) is 20.7. The smallest absolute Gasteiger partial charge is 0.250 e. The van der Waals surface area contributed by atoms with Crippen molar-refractivity contribution in [2.24, 2.45) is 5.92 Å². The van der Waals surface area contributed by atoms with Crippen LogP contribution in [0.25, 0.3) is 5.65 Å². The molecule has 0 radical (unpaired) electrons. The summed E-state index contributed by atoms with van der Waals surface area (Å²) >= 11 is 0. The standard InChI is InChI=1S/C21H24N6O3/c1-30-19-9-8-18-23-22-17(27(18)24-19)5-3-6-20(28)25-11-14-10-15(13-25)16-4-2-7-21(29)26(16)12-14/h2,4,7-9,14-15H,3,5-6,10-13H2,1H3/t14-,15+/m1/s1. The second kappa shape index (κ2) is 7.55. The summed E-state index contributed by atoms with van der Waals surface area (Å²) in [5.74, 6) is 1.97. The minimum atomic E-state index is 0.0627. The average Bonchev–Trinajstić information content (AvgIpc) is 3.16. The van der Waals surface area contributed by atoms with E-state index in [4.69, 9.17) is 4.74 Å². The van der Waals surface area contributed by atoms with Gasteiger partial charge >= 0.3 is 0 Å². The first-order valence-electron chi connectivity index (χ1n) is 10.3. The molecule has 9 heteroatoms. The van der Waals surface area contributed by atoms with Gasteiger partial charge in [0.2, 0.25) is 11.8 Å². The van der Waals surface area contributed by atoms with E-state index in [2.05, 4.69) is 15.3 Å². The van der Waals surface area contributed by atoms with E-state index in [1.54, 1.807) is 23.8 Å². The van der Waals surface area contributed by atoms with Crippen molar-refractivity contribution >= 4 is 11.6 Å². The van der Waals surface area contributed by atoms with Crippen LogP contribution in [0.3, 0.4) is 0 Å². The Labute approximate surface area is 173 Å². The SMILES string of the molecule is COc1ccc2nnc(CCCC(=O)N3C[C@H]4C[C@@H](C3)c3cccc(=O)n3C4)n2n1. The minimum absolute atomic E-state index is 0.0627. The van der Waals surface area contributed by atoms with Crippen LogP contribution in [-0.2, 0) is 17.8 Å². The van der Waals surface area contributed by atoms with E-state index in [-0.39, 0.29) is 17.4 Å². The number of carbonyl (C=O) groups excluding carboxylic acids is 1. The number of carbonyl (C=O) groups is 1. The van der Waals surface area contributed by atoms with Gasteiger partial charge in [0.25, 0.3) is 5.56 Å². The summed E-state index contributed by atoms with van der Waals surface area (Å²) in [5.41, 5.74) is 1.79. The van der Waals surface area contributed by atoms with E-state index >= 15 is 0 Å². The molecule has 2 atom stereocenters. The van der Waals surface area contributed by atoms with Gasteiger partial charge in [0.05, 0.1) is 7.11 Å². The fraction of sp³-hybridized carbons (Fsp3) is 0.476. The first kappa shape index (κ1) is 18.8. The van der Waals surface area contributed by atoms with Crippen molar-refractivity contribution in [1.82, 2.24) is 29.3 Å². The maximum atomic E-state index is 12.9. The molecule has 2 bridgehead atoms. The zero-order valence-electron chi connectivity index (χ0n) is 16.9. The number of fused-ring (bicyclic) bond motifs is 5. The number of aryl methyl sites for hydroxylation is 1. The van der Waals surface area contributed by atoms with E-state index < -0.39 is 0 Å². The van der Waals surface area contributed by atoms with Gasteiger partial charge in [-0.15, -0.1) is 15.3 Å². The monoisotopic (exact) mass is 408 g/mol. The van der Waals surface area contributed by atoms with Crippen LogP contribution in [0.4, 0.5) is 0 Å². The fourth-order valence-electron chi connectivity index (χ4n) is 4.74. The summed E-state index contributed by atoms with van der Waals surface area (Å²) in [7, 11) is 1.57. The number of ether oxygens (including phenoxy) is 1. The van der Waals surface area contributed by atoms with Gasteiger partial charge in [0, 0.05) is 56.2 Å². The van der Waals surface area contributed by atoms with E-state index in [9.17, 15) is 9.59 Å². The van der Waals surface area contributed by atoms with Gasteiger partial charge in [-0.1, -0.05) is 6.07 Å². The summed E-state index contributed by atoms with van der Waals surface area (Å²) in [6, 6.07) is 9.02. The number of aromatic nitrogens is 5. The van der Waals surface area contributed by atoms with Gasteiger partial charge in [-0.25, -0.2) is 0 Å². The highest BCUT2D eigenvalue weighted by Crippen LogP contribution is 2.35. The second-order valence-corrected chi connectivity index (χ2v) is 8.11. The third-order valence-corrected chi connectivity index (χ3v) is 6.14. The van der Waals surface area contributed by atoms with Crippen LogP contribution in [0.2, 0.25) is 0 Å². The molecule has 0 saturated carbocycles. The fourth-order valence-corrected chi connectivity index (χ4v) is 4.74. The topological polar surface area (TPSA) is 94.6 Å². The van der Waals surface area contributed by atoms with E-state index in [1.165, 1.54) is 0 Å². The lowest BCUT2D eigenvalue weighted by Crippen LogP contribution is -2.49. The van der Waals surface area contributed by atoms with E-state index in [0.717, 1.165) is 24.5 Å². The number of hydrogen-bond acceptors (Lipinski definition) is 6. The molecule has 2 aliphatic heterocycles. The molecule has 2 aliphatic rings. The van der Waals surface area contributed by atoms with E-state index in [0.29, 0.717) is 49.8 Å². The van der Waals surface area contributed by atoms with Gasteiger partial charge in [-0.3, -0.25) is 9.59 Å². The maximum Gasteiger partial charge on any atom is 0.250 e. The summed E-state index contributed by atoms with van der Waals surface area (Å²) in [5, 5.41) is 12.7. The molecule has 3 aromatic rings. The first-order valence-corrected chi connectivity index (χ1v) is 10.3. The predicted molar refractivity (Wildman–Crippen MR) is 108 cm³/mol. The number of nitrogens with zero attached hydrogens (tertiary/aromatic N) is 6. The van der Waals surface area contributed by atoms with Crippen molar-refractivity contribution in [3.8, 4) is 5.88 Å². The number of methoxy groups -OCH3 is 1. The summed E-state index contributed by atoms with van der Waals surface area (Å²) < 4.78 is 8.72. The van der Waals surface area contributed by atoms with Crippen LogP contribution in [-0.4, -0.2) is 55.4 Å². The molecule has 0 N–H and O–H groups in total. The Hall–Kier alpha value is -3.23. The Morgan fingerprint density at radius 1 is 1.17 bits per heavy atom. The molecule has 0 spiro atoms. The van der Waals surface area contributed by atoms with Gasteiger partial charge < -0.3 is 14.2 Å². The van der Waals surface area contributed by atoms with Crippen LogP contribution in [0.1, 0.15) is 36.7 Å². The summed E-state index contributed by atoms with van der Waals surface area (Å²) in [6.45, 7) is 2.11. The van der Waals surface area contributed by atoms with Crippen molar-refractivity contribution in [3.05, 3.63) is 52.2 Å². The Morgan fingerprint density at radius 3 is 2.93 bits per heavy atom. The van der Waals surface area contributed by atoms with Crippen LogP contribution in [0, 0.1) is 5.92 Å². The second-order valence-electron chi connectivity index (χ2n) is 8.11. The van der Waals surface area contributed by atoms with Gasteiger partial charge in [-0.2, -0.15) is 4.52 Å². The minimum Gasteiger partial charge on any atom is -0.480 e. The van der Waals surface area contributed by atoms with Gasteiger partial charge in [-0.05, 0) is 30.9 Å². The molecule has 1 saturated heterocycles. The molecule has 30 heavy (non-hydrogen) atoms. The molecule has 3 aromatic heterocycles. The van der Waals surface area contributed by atoms with Crippen molar-refractivity contribution < 1.29 is 9.53 Å². The van der Waals surface area contributed by atoms with Crippen LogP contribution < -0.4 is 10.3 Å². The molecule has 5 rings (SSSR count). The molecule has 0 aliphatic carbocycles. The third-order valence-electron chi connectivity index (χ3n) is 6.14. The van der Waals surface area contributed by atoms with E-state index in [1.807, 2.05) is 27.7 Å². The highest BCUT2D eigenvalue weighted by atomic mass is 16.5. The van der Waals surface area contributed by atoms with Crippen molar-refractivity contribution in [2.45, 2.75) is 38.1 Å². The number of pyridine rings is 1. The van der Waals surface area contributed by atoms with Crippen molar-refractivity contribution in [2.75, 3.05) is 20.2 Å². The number of rotatable bonds is 5. The molecule has 156 valence electrons. The molecule has 0 aromatic carbocycles. The van der Waals surface area contributed by atoms with Crippen LogP contribution >= 0.6 is 0 Å². The Bertz CT molecular complexity index is 1150.